The Hall–Kier alpha value is -2.04. The summed E-state index contributed by atoms with van der Waals surface area (Å²) >= 11 is 0. The first-order chi connectivity index (χ1) is 10.5. The van der Waals surface area contributed by atoms with Gasteiger partial charge in [-0.25, -0.2) is 0 Å². The van der Waals surface area contributed by atoms with Crippen LogP contribution in [0.1, 0.15) is 31.2 Å². The predicted molar refractivity (Wildman–Crippen MR) is 86.0 cm³/mol. The Bertz CT molecular complexity index is 557. The number of nitrogens with one attached hydrogen (secondary N) is 1. The molecule has 0 aliphatic carbocycles. The number of hydrogen-bond donors (Lipinski definition) is 1. The number of amides is 2. The van der Waals surface area contributed by atoms with Crippen molar-refractivity contribution in [2.45, 2.75) is 32.6 Å². The number of carbonyl (C=O) groups excluding carboxylic acids is 2. The van der Waals surface area contributed by atoms with Crippen LogP contribution in [-0.4, -0.2) is 37.4 Å². The number of nitrogens with zero attached hydrogens (tertiary/aromatic N) is 1. The number of benzene rings is 1. The maximum atomic E-state index is 12.2. The largest absolute Gasteiger partial charge is 0.497 e. The van der Waals surface area contributed by atoms with E-state index in [9.17, 15) is 9.59 Å². The molecule has 1 unspecified atom stereocenters. The van der Waals surface area contributed by atoms with Crippen molar-refractivity contribution in [1.82, 2.24) is 4.90 Å². The molecule has 1 heterocycles. The lowest BCUT2D eigenvalue weighted by atomic mass is 9.98. The van der Waals surface area contributed by atoms with Gasteiger partial charge in [0.05, 0.1) is 7.11 Å². The summed E-state index contributed by atoms with van der Waals surface area (Å²) in [4.78, 5) is 26.2. The zero-order valence-corrected chi connectivity index (χ0v) is 13.5. The molecular weight excluding hydrogens is 280 g/mol. The second kappa shape index (κ2) is 7.29. The smallest absolute Gasteiger partial charge is 0.225 e. The van der Waals surface area contributed by atoms with Crippen LogP contribution in [0.2, 0.25) is 0 Å². The van der Waals surface area contributed by atoms with Crippen molar-refractivity contribution in [2.75, 3.05) is 26.0 Å². The van der Waals surface area contributed by atoms with Gasteiger partial charge in [-0.3, -0.25) is 9.59 Å². The van der Waals surface area contributed by atoms with Gasteiger partial charge in [0.1, 0.15) is 5.75 Å². The standard InChI is InChI=1S/C17H24N2O3/c1-12-10-14(22-3)7-8-15(12)18-16(20)11-13-6-4-5-9-19(2)17(13)21/h7-8,10,13H,4-6,9,11H2,1-3H3,(H,18,20). The van der Waals surface area contributed by atoms with Crippen LogP contribution in [0.25, 0.3) is 0 Å². The van der Waals surface area contributed by atoms with Gasteiger partial charge in [-0.15, -0.1) is 0 Å². The van der Waals surface area contributed by atoms with Gasteiger partial charge in [-0.2, -0.15) is 0 Å². The van der Waals surface area contributed by atoms with Crippen LogP contribution in [0.4, 0.5) is 5.69 Å². The molecule has 120 valence electrons. The van der Waals surface area contributed by atoms with Crippen LogP contribution >= 0.6 is 0 Å². The predicted octanol–water partition coefficient (Wildman–Crippen LogP) is 2.59. The molecule has 1 N–H and O–H groups in total. The van der Waals surface area contributed by atoms with Crippen LogP contribution in [0, 0.1) is 12.8 Å². The zero-order chi connectivity index (χ0) is 16.1. The number of hydrogen-bond acceptors (Lipinski definition) is 3. The molecule has 2 rings (SSSR count). The maximum Gasteiger partial charge on any atom is 0.225 e. The molecule has 1 aliphatic heterocycles. The first-order valence-corrected chi connectivity index (χ1v) is 7.70. The van der Waals surface area contributed by atoms with Crippen molar-refractivity contribution in [3.8, 4) is 5.75 Å². The molecule has 0 radical (unpaired) electrons. The molecule has 0 bridgehead atoms. The third-order valence-corrected chi connectivity index (χ3v) is 4.16. The number of aryl methyl sites for hydroxylation is 1. The Morgan fingerprint density at radius 3 is 2.86 bits per heavy atom. The van der Waals surface area contributed by atoms with E-state index in [4.69, 9.17) is 4.74 Å². The Labute approximate surface area is 131 Å². The highest BCUT2D eigenvalue weighted by molar-refractivity contribution is 5.94. The lowest BCUT2D eigenvalue weighted by Crippen LogP contribution is -2.33. The van der Waals surface area contributed by atoms with E-state index in [1.165, 1.54) is 0 Å². The van der Waals surface area contributed by atoms with Crippen LogP contribution < -0.4 is 10.1 Å². The van der Waals surface area contributed by atoms with E-state index in [-0.39, 0.29) is 24.2 Å². The topological polar surface area (TPSA) is 58.6 Å². The number of rotatable bonds is 4. The Kier molecular flexibility index (Phi) is 5.41. The van der Waals surface area contributed by atoms with Gasteiger partial charge in [0.2, 0.25) is 11.8 Å². The fourth-order valence-corrected chi connectivity index (χ4v) is 2.80. The molecule has 1 aromatic carbocycles. The molecule has 1 aliphatic rings. The summed E-state index contributed by atoms with van der Waals surface area (Å²) in [5.41, 5.74) is 1.71. The molecule has 1 atom stereocenters. The van der Waals surface area contributed by atoms with Crippen LogP contribution in [0.5, 0.6) is 5.75 Å². The van der Waals surface area contributed by atoms with Crippen LogP contribution in [0.3, 0.4) is 0 Å². The summed E-state index contributed by atoms with van der Waals surface area (Å²) in [5, 5.41) is 2.90. The van der Waals surface area contributed by atoms with Crippen LogP contribution in [-0.2, 0) is 9.59 Å². The van der Waals surface area contributed by atoms with Crippen molar-refractivity contribution in [1.29, 1.82) is 0 Å². The van der Waals surface area contributed by atoms with Gasteiger partial charge in [-0.1, -0.05) is 6.42 Å². The van der Waals surface area contributed by atoms with Gasteiger partial charge in [0, 0.05) is 31.6 Å². The van der Waals surface area contributed by atoms with Gasteiger partial charge < -0.3 is 15.0 Å². The number of ether oxygens (including phenoxy) is 1. The average Bonchev–Trinajstić information content (AvgIpc) is 2.65. The Morgan fingerprint density at radius 2 is 2.18 bits per heavy atom. The summed E-state index contributed by atoms with van der Waals surface area (Å²) in [7, 11) is 3.42. The molecule has 0 saturated carbocycles. The molecule has 2 amide bonds. The average molecular weight is 304 g/mol. The second-order valence-corrected chi connectivity index (χ2v) is 5.89. The second-order valence-electron chi connectivity index (χ2n) is 5.89. The molecule has 1 aromatic rings. The summed E-state index contributed by atoms with van der Waals surface area (Å²) in [6.45, 7) is 2.71. The van der Waals surface area contributed by atoms with Crippen molar-refractivity contribution >= 4 is 17.5 Å². The molecule has 5 heteroatoms. The van der Waals surface area contributed by atoms with Gasteiger partial charge in [0.15, 0.2) is 0 Å². The minimum atomic E-state index is -0.203. The van der Waals surface area contributed by atoms with Crippen LogP contribution in [0.15, 0.2) is 18.2 Å². The molecule has 0 aromatic heterocycles. The first-order valence-electron chi connectivity index (χ1n) is 7.70. The third-order valence-electron chi connectivity index (χ3n) is 4.16. The van der Waals surface area contributed by atoms with Gasteiger partial charge >= 0.3 is 0 Å². The van der Waals surface area contributed by atoms with Crippen molar-refractivity contribution < 1.29 is 14.3 Å². The molecule has 1 saturated heterocycles. The molecular formula is C17H24N2O3. The number of likely N-dealkylation sites (tertiary alicyclic amines) is 1. The Balaban J connectivity index is 1.99. The summed E-state index contributed by atoms with van der Waals surface area (Å²) in [6.07, 6.45) is 3.04. The van der Waals surface area contributed by atoms with E-state index < -0.39 is 0 Å². The molecule has 0 spiro atoms. The molecule has 1 fully saturated rings. The highest BCUT2D eigenvalue weighted by atomic mass is 16.5. The highest BCUT2D eigenvalue weighted by Crippen LogP contribution is 2.23. The fourth-order valence-electron chi connectivity index (χ4n) is 2.80. The molecule has 5 nitrogen and oxygen atoms in total. The number of anilines is 1. The molecule has 22 heavy (non-hydrogen) atoms. The van der Waals surface area contributed by atoms with E-state index in [2.05, 4.69) is 5.32 Å². The highest BCUT2D eigenvalue weighted by Gasteiger charge is 2.26. The van der Waals surface area contributed by atoms with E-state index in [1.807, 2.05) is 32.2 Å². The lowest BCUT2D eigenvalue weighted by Gasteiger charge is -2.19. The lowest BCUT2D eigenvalue weighted by molar-refractivity contribution is -0.135. The number of methoxy groups -OCH3 is 1. The monoisotopic (exact) mass is 304 g/mol. The van der Waals surface area contributed by atoms with Crippen molar-refractivity contribution in [3.63, 3.8) is 0 Å². The quantitative estimate of drug-likeness (QED) is 0.930. The first kappa shape index (κ1) is 16.3. The van der Waals surface area contributed by atoms with Gasteiger partial charge in [-0.05, 0) is 43.5 Å². The zero-order valence-electron chi connectivity index (χ0n) is 13.5. The Morgan fingerprint density at radius 1 is 1.41 bits per heavy atom. The minimum Gasteiger partial charge on any atom is -0.497 e. The number of carbonyl (C=O) groups is 2. The third kappa shape index (κ3) is 4.00. The SMILES string of the molecule is COc1ccc(NC(=O)CC2CCCCN(C)C2=O)c(C)c1. The van der Waals surface area contributed by atoms with Crippen molar-refractivity contribution in [2.24, 2.45) is 5.92 Å². The summed E-state index contributed by atoms with van der Waals surface area (Å²) < 4.78 is 5.15. The van der Waals surface area contributed by atoms with Crippen molar-refractivity contribution in [3.05, 3.63) is 23.8 Å². The van der Waals surface area contributed by atoms with E-state index in [0.717, 1.165) is 42.8 Å². The van der Waals surface area contributed by atoms with E-state index in [0.29, 0.717) is 0 Å². The summed E-state index contributed by atoms with van der Waals surface area (Å²) in [6, 6.07) is 5.51. The normalized spacial score (nSPS) is 18.8. The van der Waals surface area contributed by atoms with E-state index >= 15 is 0 Å². The maximum absolute atomic E-state index is 12.2. The van der Waals surface area contributed by atoms with Gasteiger partial charge in [0.25, 0.3) is 0 Å². The van der Waals surface area contributed by atoms with E-state index in [1.54, 1.807) is 12.0 Å². The minimum absolute atomic E-state index is 0.0825. The fraction of sp³-hybridized carbons (Fsp3) is 0.529. The summed E-state index contributed by atoms with van der Waals surface area (Å²) in [5.74, 6) is 0.531.